The number of benzene rings is 2. The molecule has 4 aliphatic rings. The molecule has 7 unspecified atom stereocenters. The largest absolute Gasteiger partial charge is 0.491 e. The van der Waals surface area contributed by atoms with Gasteiger partial charge >= 0.3 is 0 Å². The zero-order valence-electron chi connectivity index (χ0n) is 29.3. The summed E-state index contributed by atoms with van der Waals surface area (Å²) >= 11 is 6.46. The summed E-state index contributed by atoms with van der Waals surface area (Å²) in [5.41, 5.74) is 4.09. The molecule has 6 rings (SSSR count). The van der Waals surface area contributed by atoms with Gasteiger partial charge in [-0.15, -0.1) is 0 Å². The van der Waals surface area contributed by atoms with E-state index in [0.717, 1.165) is 95.2 Å². The second kappa shape index (κ2) is 17.7. The summed E-state index contributed by atoms with van der Waals surface area (Å²) in [6.45, 7) is 13.5. The quantitative estimate of drug-likeness (QED) is 0.370. The van der Waals surface area contributed by atoms with Crippen molar-refractivity contribution in [3.8, 4) is 5.75 Å². The van der Waals surface area contributed by atoms with Crippen LogP contribution in [0.2, 0.25) is 5.02 Å². The summed E-state index contributed by atoms with van der Waals surface area (Å²) in [4.78, 5) is 18.6. The van der Waals surface area contributed by atoms with Gasteiger partial charge in [-0.1, -0.05) is 44.4 Å². The lowest BCUT2D eigenvalue weighted by Gasteiger charge is -2.46. The van der Waals surface area contributed by atoms with E-state index < -0.39 is 11.0 Å². The summed E-state index contributed by atoms with van der Waals surface area (Å²) in [6, 6.07) is 12.0. The van der Waals surface area contributed by atoms with E-state index in [1.165, 1.54) is 30.4 Å². The van der Waals surface area contributed by atoms with Gasteiger partial charge in [0.2, 0.25) is 0 Å². The number of morpholine rings is 1. The number of halogens is 1. The molecule has 2 fully saturated rings. The molecule has 2 aromatic rings. The van der Waals surface area contributed by atoms with Gasteiger partial charge in [-0.05, 0) is 104 Å². The fourth-order valence-electron chi connectivity index (χ4n) is 8.13. The van der Waals surface area contributed by atoms with Gasteiger partial charge in [-0.2, -0.15) is 0 Å². The number of hydrogen-bond acceptors (Lipinski definition) is 7. The predicted molar refractivity (Wildman–Crippen MR) is 196 cm³/mol. The Kier molecular flexibility index (Phi) is 13.6. The molecule has 1 aliphatic carbocycles. The number of nitrogens with zero attached hydrogens (tertiary/aromatic N) is 2. The first-order valence-electron chi connectivity index (χ1n) is 18.1. The van der Waals surface area contributed by atoms with Crippen molar-refractivity contribution in [2.45, 2.75) is 76.9 Å². The van der Waals surface area contributed by atoms with Crippen LogP contribution >= 0.6 is 11.6 Å². The van der Waals surface area contributed by atoms with Crippen LogP contribution in [0.4, 0.5) is 5.69 Å². The minimum atomic E-state index is -1.46. The highest BCUT2D eigenvalue weighted by molar-refractivity contribution is 7.84. The first kappa shape index (κ1) is 37.1. The monoisotopic (exact) mass is 701 g/mol. The van der Waals surface area contributed by atoms with Crippen LogP contribution in [0.5, 0.6) is 5.75 Å². The molecule has 0 radical (unpaired) electrons. The van der Waals surface area contributed by atoms with Crippen molar-refractivity contribution >= 4 is 34.2 Å². The maximum absolute atomic E-state index is 13.4. The number of anilines is 1. The van der Waals surface area contributed by atoms with Crippen molar-refractivity contribution in [1.29, 1.82) is 0 Å². The van der Waals surface area contributed by atoms with E-state index in [0.29, 0.717) is 29.9 Å². The van der Waals surface area contributed by atoms with Crippen LogP contribution in [0.15, 0.2) is 36.4 Å². The number of aliphatic hydroxyl groups is 1. The van der Waals surface area contributed by atoms with Gasteiger partial charge in [0, 0.05) is 56.3 Å². The molecule has 3 aliphatic heterocycles. The third-order valence-corrected chi connectivity index (χ3v) is 13.0. The first-order chi connectivity index (χ1) is 23.3. The van der Waals surface area contributed by atoms with E-state index in [1.54, 1.807) is 0 Å². The van der Waals surface area contributed by atoms with E-state index in [9.17, 15) is 9.00 Å². The summed E-state index contributed by atoms with van der Waals surface area (Å²) < 4.78 is 28.4. The molecule has 2 bridgehead atoms. The molecule has 0 aromatic heterocycles. The molecule has 48 heavy (non-hydrogen) atoms. The summed E-state index contributed by atoms with van der Waals surface area (Å²) in [5, 5.41) is 7.65. The van der Waals surface area contributed by atoms with Gasteiger partial charge in [0.05, 0.1) is 30.8 Å². The zero-order chi connectivity index (χ0) is 34.2. The van der Waals surface area contributed by atoms with Crippen molar-refractivity contribution in [3.05, 3.63) is 58.1 Å². The maximum atomic E-state index is 13.4. The first-order valence-corrected chi connectivity index (χ1v) is 19.7. The Morgan fingerprint density at radius 3 is 2.54 bits per heavy atom. The molecule has 8 nitrogen and oxygen atoms in total. The number of hydrogen-bond donors (Lipinski definition) is 2. The Morgan fingerprint density at radius 1 is 1.02 bits per heavy atom. The van der Waals surface area contributed by atoms with E-state index in [-0.39, 0.29) is 23.0 Å². The molecule has 1 saturated heterocycles. The molecule has 10 heteroatoms. The molecule has 2 N–H and O–H groups in total. The minimum Gasteiger partial charge on any atom is -0.491 e. The lowest BCUT2D eigenvalue weighted by atomic mass is 9.65. The van der Waals surface area contributed by atoms with Crippen molar-refractivity contribution in [2.24, 2.45) is 23.7 Å². The Balaban J connectivity index is 0.00000221. The maximum Gasteiger partial charge on any atom is 0.263 e. The van der Waals surface area contributed by atoms with Gasteiger partial charge in [-0.25, -0.2) is 4.21 Å². The smallest absolute Gasteiger partial charge is 0.263 e. The van der Waals surface area contributed by atoms with Crippen LogP contribution in [0.3, 0.4) is 0 Å². The minimum absolute atomic E-state index is 0.121. The molecule has 1 saturated carbocycles. The number of nitrogens with one attached hydrogen (secondary N) is 1. The number of amides is 1. The van der Waals surface area contributed by atoms with Gasteiger partial charge in [0.1, 0.15) is 16.7 Å². The van der Waals surface area contributed by atoms with Crippen LogP contribution in [0.25, 0.3) is 0 Å². The highest BCUT2D eigenvalue weighted by Crippen LogP contribution is 2.45. The van der Waals surface area contributed by atoms with Gasteiger partial charge in [0.15, 0.2) is 0 Å². The van der Waals surface area contributed by atoms with Gasteiger partial charge < -0.3 is 19.5 Å². The molecular weight excluding hydrogens is 646 g/mol. The second-order valence-electron chi connectivity index (χ2n) is 14.2. The number of carbonyl (C=O) groups is 1. The van der Waals surface area contributed by atoms with E-state index >= 15 is 0 Å². The van der Waals surface area contributed by atoms with Crippen LogP contribution in [-0.2, 0) is 22.1 Å². The van der Waals surface area contributed by atoms with Crippen LogP contribution in [-0.4, -0.2) is 85.0 Å². The van der Waals surface area contributed by atoms with Gasteiger partial charge in [0.25, 0.3) is 5.91 Å². The van der Waals surface area contributed by atoms with Crippen LogP contribution < -0.4 is 14.4 Å². The molecule has 3 heterocycles. The van der Waals surface area contributed by atoms with Crippen LogP contribution in [0.1, 0.15) is 86.7 Å². The molecule has 266 valence electrons. The highest BCUT2D eigenvalue weighted by atomic mass is 35.5. The fraction of sp³-hybridized carbons (Fsp3) is 0.658. The van der Waals surface area contributed by atoms with Crippen molar-refractivity contribution in [3.63, 3.8) is 0 Å². The topological polar surface area (TPSA) is 91.3 Å². The van der Waals surface area contributed by atoms with Crippen molar-refractivity contribution < 1.29 is 23.6 Å². The number of fused-ring (bicyclic) bond motifs is 2. The number of carbonyl (C=O) groups excluding carboxylic acids is 1. The fourth-order valence-corrected chi connectivity index (χ4v) is 9.37. The molecular formula is C38H56ClN3O5S. The van der Waals surface area contributed by atoms with E-state index in [2.05, 4.69) is 40.5 Å². The predicted octanol–water partition coefficient (Wildman–Crippen LogP) is 6.46. The molecule has 2 aromatic carbocycles. The highest BCUT2D eigenvalue weighted by Gasteiger charge is 2.40. The third kappa shape index (κ3) is 8.94. The van der Waals surface area contributed by atoms with E-state index in [1.807, 2.05) is 31.2 Å². The third-order valence-electron chi connectivity index (χ3n) is 11.2. The molecule has 0 spiro atoms. The van der Waals surface area contributed by atoms with Crippen LogP contribution in [0, 0.1) is 23.7 Å². The molecule has 1 amide bonds. The summed E-state index contributed by atoms with van der Waals surface area (Å²) in [7, 11) is -0.463. The molecule has 7 atom stereocenters. The normalized spacial score (nSPS) is 30.0. The number of aryl methyl sites for hydroxylation is 1. The number of rotatable bonds is 5. The second-order valence-corrected chi connectivity index (χ2v) is 16.2. The number of aliphatic hydroxyl groups excluding tert-OH is 1. The summed E-state index contributed by atoms with van der Waals surface area (Å²) in [6.07, 6.45) is 7.86. The zero-order valence-corrected chi connectivity index (χ0v) is 30.9. The Labute approximate surface area is 295 Å². The SMILES string of the molecule is CCCc1cc(Cl)ccc1C1COc2ccc3cc2N(C1)CC1CCC1C(CN1CCOCC1)CCCC(C)C(C)S(=O)NC3=O.CO. The number of ether oxygens (including phenoxy) is 2. The standard InChI is InChI=1S/C37H52ClN3O4S.CH4O/c1-4-6-27-19-32(38)11-13-33(27)31-23-41-22-30-9-12-34(30)29(21-40-15-17-44-18-16-40)8-5-7-25(2)26(3)46(43)39-37(42)28-10-14-36(45-24-31)35(41)20-28;1-2/h10-11,13-14,19-20,25-26,29-31,34H,4-9,12,15-18,21-24H2,1-3H3,(H,39,42);2H,1H3. The lowest BCUT2D eigenvalue weighted by Crippen LogP contribution is -2.47. The Hall–Kier alpha value is -2.17. The lowest BCUT2D eigenvalue weighted by molar-refractivity contribution is 0.00835. The van der Waals surface area contributed by atoms with E-state index in [4.69, 9.17) is 26.2 Å². The summed E-state index contributed by atoms with van der Waals surface area (Å²) in [5.74, 6) is 2.85. The van der Waals surface area contributed by atoms with Crippen molar-refractivity contribution in [1.82, 2.24) is 9.62 Å². The average molecular weight is 702 g/mol. The average Bonchev–Trinajstić information content (AvgIpc) is 3.26. The van der Waals surface area contributed by atoms with Gasteiger partial charge in [-0.3, -0.25) is 14.4 Å². The van der Waals surface area contributed by atoms with Crippen molar-refractivity contribution in [2.75, 3.05) is 64.6 Å². The Bertz CT molecular complexity index is 1390. The Morgan fingerprint density at radius 2 is 1.81 bits per heavy atom.